The zero-order valence-corrected chi connectivity index (χ0v) is 9.05. The second-order valence-electron chi connectivity index (χ2n) is 3.47. The third-order valence-electron chi connectivity index (χ3n) is 2.17. The topological polar surface area (TPSA) is 55.1 Å². The number of carbonyl (C=O) groups is 1. The van der Waals surface area contributed by atoms with Gasteiger partial charge in [-0.1, -0.05) is 18.2 Å². The largest absolute Gasteiger partial charge is 0.416 e. The highest BCUT2D eigenvalue weighted by atomic mass is 19.4. The number of nitrogens with two attached hydrogens (primary N) is 1. The first-order chi connectivity index (χ1) is 7.95. The van der Waals surface area contributed by atoms with Gasteiger partial charge in [0.25, 0.3) is 0 Å². The molecule has 3 N–H and O–H groups in total. The van der Waals surface area contributed by atoms with Crippen LogP contribution in [0.3, 0.4) is 0 Å². The van der Waals surface area contributed by atoms with Gasteiger partial charge in [0.15, 0.2) is 0 Å². The summed E-state index contributed by atoms with van der Waals surface area (Å²) in [6.07, 6.45) is -4.30. The van der Waals surface area contributed by atoms with E-state index in [1.165, 1.54) is 18.2 Å². The van der Waals surface area contributed by atoms with E-state index in [0.29, 0.717) is 0 Å². The van der Waals surface area contributed by atoms with Gasteiger partial charge in [-0.2, -0.15) is 13.2 Å². The Labute approximate surface area is 96.8 Å². The molecule has 1 amide bonds. The highest BCUT2D eigenvalue weighted by Crippen LogP contribution is 2.31. The van der Waals surface area contributed by atoms with Crippen LogP contribution in [-0.2, 0) is 17.5 Å². The van der Waals surface area contributed by atoms with Crippen LogP contribution in [0.15, 0.2) is 24.3 Å². The Hall–Kier alpha value is -1.56. The molecule has 0 saturated carbocycles. The van der Waals surface area contributed by atoms with E-state index >= 15 is 0 Å². The monoisotopic (exact) mass is 246 g/mol. The van der Waals surface area contributed by atoms with E-state index in [4.69, 9.17) is 5.73 Å². The van der Waals surface area contributed by atoms with E-state index in [1.54, 1.807) is 0 Å². The van der Waals surface area contributed by atoms with E-state index in [1.807, 2.05) is 0 Å². The number of amides is 1. The Balaban J connectivity index is 2.74. The van der Waals surface area contributed by atoms with Gasteiger partial charge in [-0.15, -0.1) is 0 Å². The van der Waals surface area contributed by atoms with Crippen LogP contribution in [0.4, 0.5) is 13.2 Å². The van der Waals surface area contributed by atoms with Crippen molar-refractivity contribution in [1.82, 2.24) is 5.32 Å². The average molecular weight is 246 g/mol. The van der Waals surface area contributed by atoms with Crippen molar-refractivity contribution < 1.29 is 18.0 Å². The van der Waals surface area contributed by atoms with Gasteiger partial charge in [0.2, 0.25) is 5.91 Å². The lowest BCUT2D eigenvalue weighted by atomic mass is 10.1. The minimum Gasteiger partial charge on any atom is -0.352 e. The lowest BCUT2D eigenvalue weighted by Crippen LogP contribution is -2.26. The number of hydrogen-bond acceptors (Lipinski definition) is 2. The quantitative estimate of drug-likeness (QED) is 0.849. The van der Waals surface area contributed by atoms with Crippen LogP contribution in [0.5, 0.6) is 0 Å². The fourth-order valence-electron chi connectivity index (χ4n) is 1.36. The molecule has 1 aromatic rings. The summed E-state index contributed by atoms with van der Waals surface area (Å²) >= 11 is 0. The van der Waals surface area contributed by atoms with Crippen molar-refractivity contribution >= 4 is 5.91 Å². The van der Waals surface area contributed by atoms with Crippen LogP contribution in [-0.4, -0.2) is 12.5 Å². The predicted octanol–water partition coefficient (Wildman–Crippen LogP) is 1.67. The number of halogens is 3. The molecular formula is C11H13F3N2O. The molecular weight excluding hydrogens is 233 g/mol. The summed E-state index contributed by atoms with van der Waals surface area (Å²) in [5, 5.41) is 2.39. The molecule has 1 rings (SSSR count). The fourth-order valence-corrected chi connectivity index (χ4v) is 1.36. The summed E-state index contributed by atoms with van der Waals surface area (Å²) in [6.45, 7) is 0.0290. The highest BCUT2D eigenvalue weighted by molar-refractivity contribution is 5.76. The highest BCUT2D eigenvalue weighted by Gasteiger charge is 2.32. The maximum atomic E-state index is 12.6. The summed E-state index contributed by atoms with van der Waals surface area (Å²) < 4.78 is 37.8. The lowest BCUT2D eigenvalue weighted by Gasteiger charge is -2.13. The van der Waals surface area contributed by atoms with Gasteiger partial charge in [-0.25, -0.2) is 0 Å². The average Bonchev–Trinajstić information content (AvgIpc) is 2.26. The number of rotatable bonds is 4. The number of hydrogen-bond donors (Lipinski definition) is 2. The summed E-state index contributed by atoms with van der Waals surface area (Å²) in [5.74, 6) is -0.357. The van der Waals surface area contributed by atoms with Crippen LogP contribution >= 0.6 is 0 Å². The third kappa shape index (κ3) is 4.07. The van der Waals surface area contributed by atoms with Crippen molar-refractivity contribution in [2.45, 2.75) is 19.1 Å². The third-order valence-corrected chi connectivity index (χ3v) is 2.17. The minimum absolute atomic E-state index is 0.0466. The molecule has 17 heavy (non-hydrogen) atoms. The molecule has 3 nitrogen and oxygen atoms in total. The van der Waals surface area contributed by atoms with Crippen molar-refractivity contribution in [3.8, 4) is 0 Å². The summed E-state index contributed by atoms with van der Waals surface area (Å²) in [7, 11) is 0. The number of benzene rings is 1. The van der Waals surface area contributed by atoms with Crippen LogP contribution in [0, 0.1) is 0 Å². The van der Waals surface area contributed by atoms with Gasteiger partial charge in [0.1, 0.15) is 0 Å². The van der Waals surface area contributed by atoms with E-state index in [2.05, 4.69) is 5.32 Å². The molecule has 6 heteroatoms. The normalized spacial score (nSPS) is 11.3. The van der Waals surface area contributed by atoms with Crippen LogP contribution in [0.2, 0.25) is 0 Å². The van der Waals surface area contributed by atoms with Crippen LogP contribution in [0.1, 0.15) is 17.5 Å². The molecule has 0 radical (unpaired) electrons. The zero-order chi connectivity index (χ0) is 12.9. The molecule has 0 heterocycles. The Bertz CT molecular complexity index is 391. The van der Waals surface area contributed by atoms with Crippen molar-refractivity contribution in [1.29, 1.82) is 0 Å². The van der Waals surface area contributed by atoms with E-state index in [0.717, 1.165) is 6.07 Å². The van der Waals surface area contributed by atoms with Crippen molar-refractivity contribution in [3.63, 3.8) is 0 Å². The first kappa shape index (κ1) is 13.5. The summed E-state index contributed by atoms with van der Waals surface area (Å²) in [6, 6.07) is 5.14. The molecule has 0 aromatic heterocycles. The number of nitrogens with one attached hydrogen (secondary N) is 1. The number of alkyl halides is 3. The molecule has 0 aliphatic heterocycles. The number of carbonyl (C=O) groups excluding carboxylic acids is 1. The molecule has 0 bridgehead atoms. The first-order valence-electron chi connectivity index (χ1n) is 5.07. The van der Waals surface area contributed by atoms with Gasteiger partial charge >= 0.3 is 6.18 Å². The SMILES string of the molecule is NCCC(=O)NCc1ccccc1C(F)(F)F. The Morgan fingerprint density at radius 3 is 2.53 bits per heavy atom. The lowest BCUT2D eigenvalue weighted by molar-refractivity contribution is -0.138. The molecule has 0 atom stereocenters. The Morgan fingerprint density at radius 1 is 1.29 bits per heavy atom. The second kappa shape index (κ2) is 5.67. The molecule has 94 valence electrons. The van der Waals surface area contributed by atoms with Gasteiger partial charge in [-0.3, -0.25) is 4.79 Å². The predicted molar refractivity (Wildman–Crippen MR) is 57.0 cm³/mol. The Kier molecular flexibility index (Phi) is 4.51. The molecule has 0 aliphatic carbocycles. The van der Waals surface area contributed by atoms with Gasteiger partial charge in [0.05, 0.1) is 5.56 Å². The zero-order valence-electron chi connectivity index (χ0n) is 9.05. The van der Waals surface area contributed by atoms with Gasteiger partial charge in [-0.05, 0) is 11.6 Å². The fraction of sp³-hybridized carbons (Fsp3) is 0.364. The van der Waals surface area contributed by atoms with Crippen molar-refractivity contribution in [2.24, 2.45) is 5.73 Å². The van der Waals surface area contributed by atoms with Crippen LogP contribution < -0.4 is 11.1 Å². The molecule has 0 unspecified atom stereocenters. The minimum atomic E-state index is -4.41. The summed E-state index contributed by atoms with van der Waals surface area (Å²) in [5.41, 5.74) is 4.47. The van der Waals surface area contributed by atoms with Crippen molar-refractivity contribution in [3.05, 3.63) is 35.4 Å². The van der Waals surface area contributed by atoms with E-state index in [-0.39, 0.29) is 31.0 Å². The molecule has 0 saturated heterocycles. The summed E-state index contributed by atoms with van der Waals surface area (Å²) in [4.78, 5) is 11.1. The first-order valence-corrected chi connectivity index (χ1v) is 5.07. The second-order valence-corrected chi connectivity index (χ2v) is 3.47. The standard InChI is InChI=1S/C11H13F3N2O/c12-11(13,14)9-4-2-1-3-8(9)7-16-10(17)5-6-15/h1-4H,5-7,15H2,(H,16,17). The van der Waals surface area contributed by atoms with Crippen molar-refractivity contribution in [2.75, 3.05) is 6.54 Å². The van der Waals surface area contributed by atoms with E-state index in [9.17, 15) is 18.0 Å². The molecule has 0 fully saturated rings. The molecule has 0 spiro atoms. The van der Waals surface area contributed by atoms with Gasteiger partial charge in [0, 0.05) is 19.5 Å². The maximum Gasteiger partial charge on any atom is 0.416 e. The molecule has 0 aliphatic rings. The van der Waals surface area contributed by atoms with Crippen LogP contribution in [0.25, 0.3) is 0 Å². The molecule has 1 aromatic carbocycles. The smallest absolute Gasteiger partial charge is 0.352 e. The van der Waals surface area contributed by atoms with Gasteiger partial charge < -0.3 is 11.1 Å². The Morgan fingerprint density at radius 2 is 1.94 bits per heavy atom. The van der Waals surface area contributed by atoms with E-state index < -0.39 is 11.7 Å². The maximum absolute atomic E-state index is 12.6.